The van der Waals surface area contributed by atoms with Gasteiger partial charge in [-0.25, -0.2) is 0 Å². The highest BCUT2D eigenvalue weighted by atomic mass is 16.6. The lowest BCUT2D eigenvalue weighted by molar-refractivity contribution is 0.279. The van der Waals surface area contributed by atoms with Gasteiger partial charge in [-0.15, -0.1) is 0 Å². The minimum Gasteiger partial charge on any atom is -0.509 e. The molecule has 0 heterocycles. The van der Waals surface area contributed by atoms with E-state index in [0.29, 0.717) is 11.5 Å². The summed E-state index contributed by atoms with van der Waals surface area (Å²) in [6, 6.07) is 3.61. The van der Waals surface area contributed by atoms with Crippen LogP contribution in [0.5, 0.6) is 11.5 Å². The number of benzene rings is 1. The molecule has 0 fully saturated rings. The summed E-state index contributed by atoms with van der Waals surface area (Å²) in [5, 5.41) is 17.4. The van der Waals surface area contributed by atoms with Crippen LogP contribution in [0.4, 0.5) is 0 Å². The second-order valence-corrected chi connectivity index (χ2v) is 3.06. The van der Waals surface area contributed by atoms with Crippen LogP contribution in [0.2, 0.25) is 0 Å². The molecule has 14 heavy (non-hydrogen) atoms. The SMILES string of the molecule is COc1c(C)cc(C)cc1OB(O)O. The maximum atomic E-state index is 8.69. The molecule has 1 aromatic rings. The molecule has 4 nitrogen and oxygen atoms in total. The number of hydrogen-bond donors (Lipinski definition) is 2. The highest BCUT2D eigenvalue weighted by molar-refractivity contribution is 6.33. The maximum Gasteiger partial charge on any atom is 0.707 e. The topological polar surface area (TPSA) is 58.9 Å². The maximum absolute atomic E-state index is 8.69. The Balaban J connectivity index is 3.11. The van der Waals surface area contributed by atoms with Crippen molar-refractivity contribution in [2.45, 2.75) is 13.8 Å². The first-order valence-electron chi connectivity index (χ1n) is 4.22. The third-order valence-corrected chi connectivity index (χ3v) is 1.82. The van der Waals surface area contributed by atoms with Gasteiger partial charge >= 0.3 is 7.32 Å². The molecule has 0 atom stereocenters. The van der Waals surface area contributed by atoms with Gasteiger partial charge in [-0.2, -0.15) is 0 Å². The zero-order chi connectivity index (χ0) is 10.7. The van der Waals surface area contributed by atoms with Crippen molar-refractivity contribution in [3.8, 4) is 11.5 Å². The molecule has 0 aliphatic rings. The first-order valence-corrected chi connectivity index (χ1v) is 4.22. The van der Waals surface area contributed by atoms with Crippen LogP contribution in [-0.4, -0.2) is 24.5 Å². The van der Waals surface area contributed by atoms with Crippen molar-refractivity contribution >= 4 is 7.32 Å². The zero-order valence-corrected chi connectivity index (χ0v) is 8.44. The Kier molecular flexibility index (Phi) is 3.38. The second kappa shape index (κ2) is 4.35. The van der Waals surface area contributed by atoms with E-state index >= 15 is 0 Å². The summed E-state index contributed by atoms with van der Waals surface area (Å²) < 4.78 is 9.87. The van der Waals surface area contributed by atoms with Crippen LogP contribution >= 0.6 is 0 Å². The highest BCUT2D eigenvalue weighted by Crippen LogP contribution is 2.32. The van der Waals surface area contributed by atoms with Gasteiger partial charge in [-0.3, -0.25) is 0 Å². The van der Waals surface area contributed by atoms with E-state index in [-0.39, 0.29) is 0 Å². The van der Waals surface area contributed by atoms with Crippen LogP contribution in [0.25, 0.3) is 0 Å². The van der Waals surface area contributed by atoms with Crippen LogP contribution in [-0.2, 0) is 0 Å². The molecule has 0 bridgehead atoms. The number of methoxy groups -OCH3 is 1. The van der Waals surface area contributed by atoms with Crippen molar-refractivity contribution in [2.24, 2.45) is 0 Å². The van der Waals surface area contributed by atoms with Gasteiger partial charge in [0.05, 0.1) is 7.11 Å². The molecular weight excluding hydrogens is 183 g/mol. The molecule has 0 spiro atoms. The van der Waals surface area contributed by atoms with Crippen molar-refractivity contribution < 1.29 is 19.4 Å². The van der Waals surface area contributed by atoms with E-state index in [4.69, 9.17) is 19.4 Å². The number of hydrogen-bond acceptors (Lipinski definition) is 4. The van der Waals surface area contributed by atoms with Crippen molar-refractivity contribution in [3.63, 3.8) is 0 Å². The minimum atomic E-state index is -1.83. The van der Waals surface area contributed by atoms with E-state index in [1.807, 2.05) is 19.9 Å². The Morgan fingerprint density at radius 1 is 1.21 bits per heavy atom. The molecule has 2 N–H and O–H groups in total. The Bertz CT molecular complexity index is 325. The van der Waals surface area contributed by atoms with Crippen LogP contribution in [0, 0.1) is 13.8 Å². The first kappa shape index (κ1) is 10.9. The summed E-state index contributed by atoms with van der Waals surface area (Å²) in [7, 11) is -0.320. The predicted octanol–water partition coefficient (Wildman–Crippen LogP) is 0.660. The largest absolute Gasteiger partial charge is 0.707 e. The predicted molar refractivity (Wildman–Crippen MR) is 53.3 cm³/mol. The fourth-order valence-electron chi connectivity index (χ4n) is 1.38. The summed E-state index contributed by atoms with van der Waals surface area (Å²) in [6.45, 7) is 3.76. The minimum absolute atomic E-state index is 0.333. The van der Waals surface area contributed by atoms with E-state index < -0.39 is 7.32 Å². The molecule has 1 aromatic carbocycles. The number of rotatable bonds is 3. The molecule has 0 unspecified atom stereocenters. The van der Waals surface area contributed by atoms with Crippen molar-refractivity contribution in [1.29, 1.82) is 0 Å². The fraction of sp³-hybridized carbons (Fsp3) is 0.333. The first-order chi connectivity index (χ1) is 6.54. The third-order valence-electron chi connectivity index (χ3n) is 1.82. The lowest BCUT2D eigenvalue weighted by Gasteiger charge is -2.13. The molecule has 0 aliphatic heterocycles. The smallest absolute Gasteiger partial charge is 0.509 e. The van der Waals surface area contributed by atoms with Gasteiger partial charge < -0.3 is 19.4 Å². The molecule has 0 aromatic heterocycles. The molecule has 0 saturated carbocycles. The Labute approximate surface area is 83.3 Å². The molecule has 76 valence electrons. The fourth-order valence-corrected chi connectivity index (χ4v) is 1.38. The van der Waals surface area contributed by atoms with Gasteiger partial charge in [0.25, 0.3) is 0 Å². The van der Waals surface area contributed by atoms with Crippen LogP contribution in [0.1, 0.15) is 11.1 Å². The summed E-state index contributed by atoms with van der Waals surface area (Å²) in [5.41, 5.74) is 1.86. The molecule has 0 saturated heterocycles. The van der Waals surface area contributed by atoms with E-state index in [1.54, 1.807) is 6.07 Å². The quantitative estimate of drug-likeness (QED) is 0.697. The van der Waals surface area contributed by atoms with Crippen LogP contribution < -0.4 is 9.39 Å². The zero-order valence-electron chi connectivity index (χ0n) is 8.44. The monoisotopic (exact) mass is 196 g/mol. The number of aryl methyl sites for hydroxylation is 2. The van der Waals surface area contributed by atoms with Crippen molar-refractivity contribution in [3.05, 3.63) is 23.3 Å². The van der Waals surface area contributed by atoms with Crippen LogP contribution in [0.3, 0.4) is 0 Å². The molecule has 0 radical (unpaired) electrons. The van der Waals surface area contributed by atoms with Gasteiger partial charge in [-0.05, 0) is 31.0 Å². The van der Waals surface area contributed by atoms with Crippen molar-refractivity contribution in [2.75, 3.05) is 7.11 Å². The molecule has 1 rings (SSSR count). The average molecular weight is 196 g/mol. The Hall–Kier alpha value is -1.20. The standard InChI is InChI=1S/C9H13BO4/c1-6-4-7(2)9(13-3)8(5-6)14-10(11)12/h4-5,11-12H,1-3H3. The van der Waals surface area contributed by atoms with Crippen molar-refractivity contribution in [1.82, 2.24) is 0 Å². The van der Waals surface area contributed by atoms with Crippen LogP contribution in [0.15, 0.2) is 12.1 Å². The normalized spacial score (nSPS) is 9.79. The molecular formula is C9H13BO4. The Morgan fingerprint density at radius 2 is 1.86 bits per heavy atom. The van der Waals surface area contributed by atoms with E-state index in [0.717, 1.165) is 11.1 Å². The molecule has 5 heteroatoms. The summed E-state index contributed by atoms with van der Waals surface area (Å²) in [6.07, 6.45) is 0. The van der Waals surface area contributed by atoms with E-state index in [2.05, 4.69) is 0 Å². The van der Waals surface area contributed by atoms with E-state index in [1.165, 1.54) is 7.11 Å². The molecule has 0 amide bonds. The summed E-state index contributed by atoms with van der Waals surface area (Å²) in [5.74, 6) is 0.851. The van der Waals surface area contributed by atoms with Gasteiger partial charge in [-0.1, -0.05) is 6.07 Å². The summed E-state index contributed by atoms with van der Waals surface area (Å²) >= 11 is 0. The van der Waals surface area contributed by atoms with Gasteiger partial charge in [0.15, 0.2) is 5.75 Å². The Morgan fingerprint density at radius 3 is 2.36 bits per heavy atom. The lowest BCUT2D eigenvalue weighted by atomic mass is 10.1. The van der Waals surface area contributed by atoms with Gasteiger partial charge in [0.1, 0.15) is 5.75 Å². The third kappa shape index (κ3) is 2.40. The second-order valence-electron chi connectivity index (χ2n) is 3.06. The van der Waals surface area contributed by atoms with Gasteiger partial charge in [0.2, 0.25) is 0 Å². The average Bonchev–Trinajstić information content (AvgIpc) is 2.01. The van der Waals surface area contributed by atoms with Gasteiger partial charge in [0, 0.05) is 0 Å². The summed E-state index contributed by atoms with van der Waals surface area (Å²) in [4.78, 5) is 0. The number of ether oxygens (including phenoxy) is 1. The lowest BCUT2D eigenvalue weighted by Crippen LogP contribution is -2.21. The van der Waals surface area contributed by atoms with E-state index in [9.17, 15) is 0 Å². The molecule has 0 aliphatic carbocycles. The highest BCUT2D eigenvalue weighted by Gasteiger charge is 2.16.